The highest BCUT2D eigenvalue weighted by Crippen LogP contribution is 2.55. The molecular formula is C27H22BrN2OP. The molecule has 32 heavy (non-hydrogen) atoms. The first-order valence-corrected chi connectivity index (χ1v) is 12.1. The number of carbonyl (C=O) groups excluding carboxylic acids is 1. The molecular weight excluding hydrogens is 479 g/mol. The summed E-state index contributed by atoms with van der Waals surface area (Å²) in [6, 6.07) is 34.8. The highest BCUT2D eigenvalue weighted by Gasteiger charge is 2.47. The van der Waals surface area contributed by atoms with Gasteiger partial charge in [0, 0.05) is 11.8 Å². The first kappa shape index (κ1) is 23.5. The Balaban J connectivity index is 0.00000289. The van der Waals surface area contributed by atoms with Gasteiger partial charge in [-0.05, 0) is 55.0 Å². The van der Waals surface area contributed by atoms with Crippen molar-refractivity contribution in [1.82, 2.24) is 4.98 Å². The van der Waals surface area contributed by atoms with Gasteiger partial charge >= 0.3 is 0 Å². The van der Waals surface area contributed by atoms with Crippen molar-refractivity contribution in [2.45, 2.75) is 6.92 Å². The van der Waals surface area contributed by atoms with Crippen LogP contribution in [0.1, 0.15) is 21.6 Å². The van der Waals surface area contributed by atoms with E-state index < -0.39 is 7.26 Å². The van der Waals surface area contributed by atoms with E-state index in [-0.39, 0.29) is 22.8 Å². The number of aryl methyl sites for hydroxylation is 1. The zero-order valence-electron chi connectivity index (χ0n) is 17.6. The molecule has 0 aliphatic heterocycles. The summed E-state index contributed by atoms with van der Waals surface area (Å²) in [4.78, 5) is 17.8. The Labute approximate surface area is 199 Å². The molecule has 0 unspecified atom stereocenters. The number of nitriles is 1. The molecule has 0 spiro atoms. The van der Waals surface area contributed by atoms with Crippen LogP contribution in [-0.4, -0.2) is 16.9 Å². The maximum absolute atomic E-state index is 13.6. The normalized spacial score (nSPS) is 10.6. The van der Waals surface area contributed by atoms with Crippen molar-refractivity contribution in [3.05, 3.63) is 120 Å². The Morgan fingerprint density at radius 2 is 1.28 bits per heavy atom. The molecule has 0 saturated heterocycles. The van der Waals surface area contributed by atoms with E-state index in [4.69, 9.17) is 0 Å². The predicted octanol–water partition coefficient (Wildman–Crippen LogP) is 1.44. The Bertz CT molecular complexity index is 1140. The summed E-state index contributed by atoms with van der Waals surface area (Å²) >= 11 is 0. The van der Waals surface area contributed by atoms with E-state index in [1.165, 1.54) is 22.1 Å². The molecule has 0 saturated carbocycles. The van der Waals surface area contributed by atoms with Gasteiger partial charge in [-0.15, -0.1) is 0 Å². The number of carbonyl (C=O) groups is 1. The first-order valence-electron chi connectivity index (χ1n) is 10.1. The average molecular weight is 501 g/mol. The van der Waals surface area contributed by atoms with Crippen molar-refractivity contribution in [1.29, 1.82) is 5.26 Å². The summed E-state index contributed by atoms with van der Waals surface area (Å²) in [7, 11) is -2.25. The van der Waals surface area contributed by atoms with Crippen LogP contribution in [0.5, 0.6) is 0 Å². The number of nitrogens with zero attached hydrogens (tertiary/aromatic N) is 2. The van der Waals surface area contributed by atoms with Gasteiger partial charge in [-0.3, -0.25) is 4.79 Å². The zero-order chi connectivity index (χ0) is 21.7. The monoisotopic (exact) mass is 500 g/mol. The van der Waals surface area contributed by atoms with Crippen molar-refractivity contribution in [3.8, 4) is 6.07 Å². The lowest BCUT2D eigenvalue weighted by molar-refractivity contribution is -0.0000142. The highest BCUT2D eigenvalue weighted by molar-refractivity contribution is 7.96. The molecule has 0 aliphatic rings. The number of rotatable bonds is 6. The smallest absolute Gasteiger partial charge is 0.202 e. The van der Waals surface area contributed by atoms with Gasteiger partial charge in [0.2, 0.25) is 5.78 Å². The van der Waals surface area contributed by atoms with E-state index in [1.807, 2.05) is 61.5 Å². The van der Waals surface area contributed by atoms with Crippen molar-refractivity contribution >= 4 is 29.0 Å². The number of hydrogen-bond acceptors (Lipinski definition) is 3. The van der Waals surface area contributed by atoms with E-state index in [0.717, 1.165) is 5.56 Å². The molecule has 1 heterocycles. The minimum Gasteiger partial charge on any atom is -1.00 e. The number of ketones is 1. The first-order chi connectivity index (χ1) is 15.1. The molecule has 0 aliphatic carbocycles. The third kappa shape index (κ3) is 4.55. The van der Waals surface area contributed by atoms with Crippen LogP contribution in [0.4, 0.5) is 0 Å². The lowest BCUT2D eigenvalue weighted by atomic mass is 10.1. The molecule has 0 amide bonds. The van der Waals surface area contributed by atoms with Crippen molar-refractivity contribution < 1.29 is 21.8 Å². The summed E-state index contributed by atoms with van der Waals surface area (Å²) in [5, 5.41) is 12.7. The molecule has 4 rings (SSSR count). The number of pyridine rings is 1. The van der Waals surface area contributed by atoms with Crippen molar-refractivity contribution in [2.75, 3.05) is 6.16 Å². The van der Waals surface area contributed by atoms with Crippen LogP contribution in [0, 0.1) is 18.3 Å². The van der Waals surface area contributed by atoms with Gasteiger partial charge < -0.3 is 17.0 Å². The van der Waals surface area contributed by atoms with Gasteiger partial charge in [-0.2, -0.15) is 5.26 Å². The SMILES string of the molecule is Cc1cc(C(=O)C[P+](c2ccccc2)(c2ccccc2)c2ccccc2)cnc1C#N.[Br-]. The third-order valence-corrected chi connectivity index (χ3v) is 9.78. The zero-order valence-corrected chi connectivity index (χ0v) is 20.1. The maximum atomic E-state index is 13.6. The molecule has 0 N–H and O–H groups in total. The molecule has 1 aromatic heterocycles. The van der Waals surface area contributed by atoms with E-state index in [2.05, 4.69) is 47.5 Å². The van der Waals surface area contributed by atoms with E-state index >= 15 is 0 Å². The van der Waals surface area contributed by atoms with Crippen LogP contribution in [0.3, 0.4) is 0 Å². The second-order valence-corrected chi connectivity index (χ2v) is 10.9. The van der Waals surface area contributed by atoms with Crippen LogP contribution in [0.2, 0.25) is 0 Å². The number of hydrogen-bond donors (Lipinski definition) is 0. The Morgan fingerprint density at radius 3 is 1.66 bits per heavy atom. The summed E-state index contributed by atoms with van der Waals surface area (Å²) in [5.74, 6) is 0.0324. The standard InChI is InChI=1S/C27H22N2OP.BrH/c1-21-17-22(19-29-26(21)18-28)27(30)20-31(23-11-5-2-6-12-23,24-13-7-3-8-14-24)25-15-9-4-10-16-25;/h2-17,19H,20H2,1H3;1H/q+1;/p-1. The van der Waals surface area contributed by atoms with E-state index in [0.29, 0.717) is 17.4 Å². The van der Waals surface area contributed by atoms with Gasteiger partial charge in [0.25, 0.3) is 0 Å². The molecule has 5 heteroatoms. The molecule has 0 atom stereocenters. The number of Topliss-reactive ketones (excluding diaryl/α,β-unsaturated/α-hetero) is 1. The second-order valence-electron chi connectivity index (χ2n) is 7.40. The fourth-order valence-electron chi connectivity index (χ4n) is 3.92. The topological polar surface area (TPSA) is 53.8 Å². The third-order valence-electron chi connectivity index (χ3n) is 5.48. The molecule has 0 fully saturated rings. The van der Waals surface area contributed by atoms with Crippen LogP contribution < -0.4 is 32.9 Å². The summed E-state index contributed by atoms with van der Waals surface area (Å²) in [5.41, 5.74) is 1.62. The number of aromatic nitrogens is 1. The molecule has 4 aromatic rings. The minimum absolute atomic E-state index is 0. The summed E-state index contributed by atoms with van der Waals surface area (Å²) in [6.45, 7) is 1.82. The van der Waals surface area contributed by atoms with Gasteiger partial charge in [-0.1, -0.05) is 54.6 Å². The maximum Gasteiger partial charge on any atom is 0.202 e. The quantitative estimate of drug-likeness (QED) is 0.297. The molecule has 3 aromatic carbocycles. The van der Waals surface area contributed by atoms with Crippen molar-refractivity contribution in [3.63, 3.8) is 0 Å². The number of benzene rings is 3. The summed E-state index contributed by atoms with van der Waals surface area (Å²) in [6.07, 6.45) is 1.89. The van der Waals surface area contributed by atoms with Gasteiger partial charge in [-0.25, -0.2) is 4.98 Å². The number of halogens is 1. The van der Waals surface area contributed by atoms with Crippen LogP contribution in [0.15, 0.2) is 103 Å². The van der Waals surface area contributed by atoms with Gasteiger partial charge in [0.1, 0.15) is 41.1 Å². The Kier molecular flexibility index (Phi) is 7.70. The van der Waals surface area contributed by atoms with Crippen LogP contribution >= 0.6 is 7.26 Å². The Hall–Kier alpha value is -3.12. The lowest BCUT2D eigenvalue weighted by Crippen LogP contribution is -3.00. The molecule has 0 radical (unpaired) electrons. The second kappa shape index (κ2) is 10.5. The van der Waals surface area contributed by atoms with E-state index in [1.54, 1.807) is 6.07 Å². The van der Waals surface area contributed by atoms with Gasteiger partial charge in [0.05, 0.1) is 0 Å². The largest absolute Gasteiger partial charge is 1.00 e. The summed E-state index contributed by atoms with van der Waals surface area (Å²) < 4.78 is 0. The minimum atomic E-state index is -2.25. The van der Waals surface area contributed by atoms with Crippen molar-refractivity contribution in [2.24, 2.45) is 0 Å². The molecule has 3 nitrogen and oxygen atoms in total. The fraction of sp³-hybridized carbons (Fsp3) is 0.0741. The van der Waals surface area contributed by atoms with E-state index in [9.17, 15) is 10.1 Å². The predicted molar refractivity (Wildman–Crippen MR) is 128 cm³/mol. The van der Waals surface area contributed by atoms with Crippen LogP contribution in [-0.2, 0) is 0 Å². The van der Waals surface area contributed by atoms with Crippen LogP contribution in [0.25, 0.3) is 0 Å². The molecule has 0 bridgehead atoms. The lowest BCUT2D eigenvalue weighted by Gasteiger charge is -2.27. The highest BCUT2D eigenvalue weighted by atomic mass is 79.9. The molecule has 158 valence electrons. The fourth-order valence-corrected chi connectivity index (χ4v) is 8.02. The van der Waals surface area contributed by atoms with Gasteiger partial charge in [0.15, 0.2) is 0 Å². The average Bonchev–Trinajstić information content (AvgIpc) is 2.84. The Morgan fingerprint density at radius 1 is 0.844 bits per heavy atom.